The van der Waals surface area contributed by atoms with Crippen molar-refractivity contribution < 1.29 is 17.9 Å². The first-order valence-electron chi connectivity index (χ1n) is 7.88. The normalized spacial score (nSPS) is 11.4. The van der Waals surface area contributed by atoms with Crippen molar-refractivity contribution in [3.05, 3.63) is 89.5 Å². The molecule has 3 aromatic carbocycles. The molecule has 0 heterocycles. The lowest BCUT2D eigenvalue weighted by Crippen LogP contribution is -2.04. The van der Waals surface area contributed by atoms with Gasteiger partial charge in [-0.15, -0.1) is 0 Å². The minimum absolute atomic E-state index is 0.400. The molecule has 25 heavy (non-hydrogen) atoms. The van der Waals surface area contributed by atoms with E-state index in [4.69, 9.17) is 4.74 Å². The lowest BCUT2D eigenvalue weighted by Gasteiger charge is -2.10. The third-order valence-electron chi connectivity index (χ3n) is 3.90. The third-order valence-corrected chi connectivity index (χ3v) is 3.90. The maximum atomic E-state index is 12.7. The Morgan fingerprint density at radius 1 is 0.800 bits per heavy atom. The average molecular weight is 342 g/mol. The van der Waals surface area contributed by atoms with Crippen LogP contribution in [0.5, 0.6) is 5.75 Å². The molecule has 3 rings (SSSR count). The Bertz CT molecular complexity index is 834. The zero-order valence-electron chi connectivity index (χ0n) is 13.7. The van der Waals surface area contributed by atoms with Crippen LogP contribution in [0.2, 0.25) is 0 Å². The van der Waals surface area contributed by atoms with E-state index in [1.807, 2.05) is 55.5 Å². The van der Waals surface area contributed by atoms with Crippen LogP contribution in [0.15, 0.2) is 72.8 Å². The van der Waals surface area contributed by atoms with Crippen LogP contribution in [0, 0.1) is 6.92 Å². The topological polar surface area (TPSA) is 9.23 Å². The van der Waals surface area contributed by atoms with Gasteiger partial charge in [0.25, 0.3) is 0 Å². The van der Waals surface area contributed by atoms with E-state index in [9.17, 15) is 13.2 Å². The Balaban J connectivity index is 1.73. The largest absolute Gasteiger partial charge is 0.489 e. The van der Waals surface area contributed by atoms with Crippen molar-refractivity contribution in [2.24, 2.45) is 0 Å². The van der Waals surface area contributed by atoms with Crippen LogP contribution >= 0.6 is 0 Å². The molecule has 128 valence electrons. The third kappa shape index (κ3) is 4.41. The van der Waals surface area contributed by atoms with Gasteiger partial charge in [0.05, 0.1) is 5.56 Å². The molecule has 0 fully saturated rings. The summed E-state index contributed by atoms with van der Waals surface area (Å²) in [5.41, 5.74) is 3.08. The average Bonchev–Trinajstić information content (AvgIpc) is 2.61. The number of hydrogen-bond donors (Lipinski definition) is 0. The molecule has 0 N–H and O–H groups in total. The highest BCUT2D eigenvalue weighted by molar-refractivity contribution is 5.64. The van der Waals surface area contributed by atoms with Gasteiger partial charge in [-0.05, 0) is 53.9 Å². The Kier molecular flexibility index (Phi) is 4.79. The van der Waals surface area contributed by atoms with Crippen molar-refractivity contribution in [1.82, 2.24) is 0 Å². The van der Waals surface area contributed by atoms with Crippen LogP contribution in [0.1, 0.15) is 16.7 Å². The summed E-state index contributed by atoms with van der Waals surface area (Å²) in [6.07, 6.45) is -4.32. The van der Waals surface area contributed by atoms with Gasteiger partial charge in [-0.2, -0.15) is 13.2 Å². The lowest BCUT2D eigenvalue weighted by molar-refractivity contribution is -0.137. The monoisotopic (exact) mass is 342 g/mol. The predicted molar refractivity (Wildman–Crippen MR) is 92.4 cm³/mol. The van der Waals surface area contributed by atoms with Gasteiger partial charge in [0.2, 0.25) is 0 Å². The second kappa shape index (κ2) is 7.01. The van der Waals surface area contributed by atoms with Gasteiger partial charge >= 0.3 is 6.18 Å². The molecule has 1 nitrogen and oxygen atoms in total. The smallest absolute Gasteiger partial charge is 0.416 e. The molecule has 3 aromatic rings. The first-order chi connectivity index (χ1) is 11.9. The highest BCUT2D eigenvalue weighted by atomic mass is 19.4. The molecule has 0 saturated heterocycles. The van der Waals surface area contributed by atoms with Crippen LogP contribution in [0.25, 0.3) is 11.1 Å². The molecule has 0 aliphatic heterocycles. The van der Waals surface area contributed by atoms with Gasteiger partial charge in [-0.3, -0.25) is 0 Å². The molecule has 0 bridgehead atoms. The Labute approximate surface area is 144 Å². The molecule has 4 heteroatoms. The van der Waals surface area contributed by atoms with Crippen LogP contribution in [0.3, 0.4) is 0 Å². The minimum atomic E-state index is -4.32. The van der Waals surface area contributed by atoms with Gasteiger partial charge in [0.15, 0.2) is 0 Å². The molecule has 0 spiro atoms. The Hall–Kier alpha value is -2.75. The van der Waals surface area contributed by atoms with Crippen molar-refractivity contribution in [3.8, 4) is 16.9 Å². The highest BCUT2D eigenvalue weighted by Crippen LogP contribution is 2.31. The number of aryl methyl sites for hydroxylation is 1. The van der Waals surface area contributed by atoms with E-state index < -0.39 is 11.7 Å². The number of rotatable bonds is 4. The molecule has 0 aromatic heterocycles. The summed E-state index contributed by atoms with van der Waals surface area (Å²) < 4.78 is 43.7. The number of alkyl halides is 3. The Morgan fingerprint density at radius 3 is 2.12 bits per heavy atom. The molecule has 0 unspecified atom stereocenters. The molecule has 0 amide bonds. The minimum Gasteiger partial charge on any atom is -0.489 e. The zero-order valence-corrected chi connectivity index (χ0v) is 13.7. The fraction of sp³-hybridized carbons (Fsp3) is 0.143. The van der Waals surface area contributed by atoms with Gasteiger partial charge in [-0.25, -0.2) is 0 Å². The van der Waals surface area contributed by atoms with Crippen molar-refractivity contribution in [2.75, 3.05) is 0 Å². The summed E-state index contributed by atoms with van der Waals surface area (Å²) >= 11 is 0. The molecule has 0 radical (unpaired) electrons. The summed E-state index contributed by atoms with van der Waals surface area (Å²) in [6, 6.07) is 20.6. The van der Waals surface area contributed by atoms with Crippen LogP contribution in [-0.2, 0) is 12.8 Å². The molecule has 0 saturated carbocycles. The van der Waals surface area contributed by atoms with Crippen LogP contribution in [0.4, 0.5) is 13.2 Å². The number of halogens is 3. The summed E-state index contributed by atoms with van der Waals surface area (Å²) in [5.74, 6) is 0.783. The summed E-state index contributed by atoms with van der Waals surface area (Å²) in [4.78, 5) is 0. The van der Waals surface area contributed by atoms with Crippen molar-refractivity contribution in [3.63, 3.8) is 0 Å². The second-order valence-corrected chi connectivity index (χ2v) is 5.88. The number of benzene rings is 3. The summed E-state index contributed by atoms with van der Waals surface area (Å²) in [6.45, 7) is 2.41. The van der Waals surface area contributed by atoms with E-state index in [0.29, 0.717) is 6.61 Å². The van der Waals surface area contributed by atoms with E-state index in [2.05, 4.69) is 0 Å². The fourth-order valence-electron chi connectivity index (χ4n) is 2.49. The Morgan fingerprint density at radius 2 is 1.48 bits per heavy atom. The standard InChI is InChI=1S/C21H17F3O/c1-15-5-11-20(12-6-15)25-14-16-3-2-4-18(13-16)17-7-9-19(10-8-17)21(22,23)24/h2-13H,14H2,1H3. The fourth-order valence-corrected chi connectivity index (χ4v) is 2.49. The second-order valence-electron chi connectivity index (χ2n) is 5.88. The van der Waals surface area contributed by atoms with E-state index in [1.54, 1.807) is 0 Å². The lowest BCUT2D eigenvalue weighted by atomic mass is 10.0. The van der Waals surface area contributed by atoms with Crippen molar-refractivity contribution >= 4 is 0 Å². The van der Waals surface area contributed by atoms with E-state index >= 15 is 0 Å². The molecule has 0 aliphatic rings. The number of hydrogen-bond acceptors (Lipinski definition) is 1. The maximum absolute atomic E-state index is 12.7. The number of ether oxygens (including phenoxy) is 1. The highest BCUT2D eigenvalue weighted by Gasteiger charge is 2.29. The summed E-state index contributed by atoms with van der Waals surface area (Å²) in [7, 11) is 0. The quantitative estimate of drug-likeness (QED) is 0.544. The zero-order chi connectivity index (χ0) is 17.9. The van der Waals surface area contributed by atoms with Crippen LogP contribution < -0.4 is 4.74 Å². The molecule has 0 atom stereocenters. The SMILES string of the molecule is Cc1ccc(OCc2cccc(-c3ccc(C(F)(F)F)cc3)c2)cc1. The van der Waals surface area contributed by atoms with E-state index in [-0.39, 0.29) is 0 Å². The first kappa shape index (κ1) is 17.1. The van der Waals surface area contributed by atoms with Crippen molar-refractivity contribution in [2.45, 2.75) is 19.7 Å². The van der Waals surface area contributed by atoms with Gasteiger partial charge in [0.1, 0.15) is 12.4 Å². The van der Waals surface area contributed by atoms with E-state index in [1.165, 1.54) is 12.1 Å². The summed E-state index contributed by atoms with van der Waals surface area (Å²) in [5, 5.41) is 0. The van der Waals surface area contributed by atoms with E-state index in [0.717, 1.165) is 40.1 Å². The first-order valence-corrected chi connectivity index (χ1v) is 7.88. The van der Waals surface area contributed by atoms with Gasteiger partial charge < -0.3 is 4.74 Å². The molecular weight excluding hydrogens is 325 g/mol. The van der Waals surface area contributed by atoms with Crippen molar-refractivity contribution in [1.29, 1.82) is 0 Å². The van der Waals surface area contributed by atoms with Gasteiger partial charge in [0, 0.05) is 0 Å². The van der Waals surface area contributed by atoms with Gasteiger partial charge in [-0.1, -0.05) is 48.0 Å². The predicted octanol–water partition coefficient (Wildman–Crippen LogP) is 6.26. The maximum Gasteiger partial charge on any atom is 0.416 e. The van der Waals surface area contributed by atoms with Crippen LogP contribution in [-0.4, -0.2) is 0 Å². The molecule has 0 aliphatic carbocycles. The molecular formula is C21H17F3O.